The number of hydrogen-bond donors (Lipinski definition) is 0. The Morgan fingerprint density at radius 3 is 2.48 bits per heavy atom. The van der Waals surface area contributed by atoms with E-state index in [9.17, 15) is 4.79 Å². The average Bonchev–Trinajstić information content (AvgIpc) is 3.29. The van der Waals surface area contributed by atoms with Crippen molar-refractivity contribution in [2.75, 3.05) is 14.2 Å². The van der Waals surface area contributed by atoms with Gasteiger partial charge in [-0.05, 0) is 23.8 Å². The molecule has 0 aliphatic carbocycles. The van der Waals surface area contributed by atoms with Gasteiger partial charge in [0.1, 0.15) is 0 Å². The molecule has 0 saturated carbocycles. The molecular formula is C25H22N2O4. The summed E-state index contributed by atoms with van der Waals surface area (Å²) < 4.78 is 16.8. The highest BCUT2D eigenvalue weighted by atomic mass is 16.5. The minimum Gasteiger partial charge on any atom is -0.493 e. The number of esters is 1. The molecule has 0 amide bonds. The fraction of sp³-hybridized carbons (Fsp3) is 0.200. The van der Waals surface area contributed by atoms with Crippen LogP contribution in [0.2, 0.25) is 0 Å². The fourth-order valence-electron chi connectivity index (χ4n) is 4.17. The molecule has 156 valence electrons. The first-order valence-electron chi connectivity index (χ1n) is 10.1. The lowest BCUT2D eigenvalue weighted by Crippen LogP contribution is -2.33. The number of carbonyl (C=O) groups excluding carboxylic acids is 1. The molecule has 2 heterocycles. The number of ether oxygens (including phenoxy) is 3. The molecule has 6 nitrogen and oxygen atoms in total. The summed E-state index contributed by atoms with van der Waals surface area (Å²) >= 11 is 0. The lowest BCUT2D eigenvalue weighted by Gasteiger charge is -2.38. The van der Waals surface area contributed by atoms with Crippen molar-refractivity contribution in [3.05, 3.63) is 95.1 Å². The van der Waals surface area contributed by atoms with Gasteiger partial charge in [0.2, 0.25) is 6.23 Å². The highest BCUT2D eigenvalue weighted by molar-refractivity contribution is 6.02. The van der Waals surface area contributed by atoms with Gasteiger partial charge >= 0.3 is 5.97 Å². The normalized spacial score (nSPS) is 19.0. The third-order valence-electron chi connectivity index (χ3n) is 5.72. The predicted octanol–water partition coefficient (Wildman–Crippen LogP) is 4.72. The van der Waals surface area contributed by atoms with Crippen LogP contribution in [-0.4, -0.2) is 30.9 Å². The van der Waals surface area contributed by atoms with Crippen LogP contribution >= 0.6 is 0 Å². The lowest BCUT2D eigenvalue weighted by molar-refractivity contribution is -0.0209. The summed E-state index contributed by atoms with van der Waals surface area (Å²) in [4.78, 5) is 11.8. The number of fused-ring (bicyclic) bond motifs is 3. The van der Waals surface area contributed by atoms with Crippen LogP contribution in [0, 0.1) is 0 Å². The van der Waals surface area contributed by atoms with Crippen molar-refractivity contribution in [3.63, 3.8) is 0 Å². The van der Waals surface area contributed by atoms with E-state index in [2.05, 4.69) is 18.2 Å². The summed E-state index contributed by atoms with van der Waals surface area (Å²) in [5.74, 6) is 1.06. The molecule has 0 bridgehead atoms. The topological polar surface area (TPSA) is 60.4 Å². The van der Waals surface area contributed by atoms with Crippen LogP contribution in [0.1, 0.15) is 45.7 Å². The second kappa shape index (κ2) is 7.80. The van der Waals surface area contributed by atoms with E-state index >= 15 is 0 Å². The molecule has 3 aromatic rings. The molecule has 31 heavy (non-hydrogen) atoms. The van der Waals surface area contributed by atoms with Crippen LogP contribution in [0.4, 0.5) is 0 Å². The molecule has 0 saturated heterocycles. The monoisotopic (exact) mass is 414 g/mol. The molecule has 3 aromatic carbocycles. The Morgan fingerprint density at radius 2 is 1.77 bits per heavy atom. The number of benzene rings is 3. The highest BCUT2D eigenvalue weighted by Gasteiger charge is 2.42. The van der Waals surface area contributed by atoms with Gasteiger partial charge in [0, 0.05) is 17.5 Å². The Bertz CT molecular complexity index is 1140. The number of para-hydroxylation sites is 1. The minimum absolute atomic E-state index is 0.0272. The maximum absolute atomic E-state index is 11.8. The number of hydrogen-bond acceptors (Lipinski definition) is 6. The van der Waals surface area contributed by atoms with Crippen molar-refractivity contribution in [2.24, 2.45) is 5.10 Å². The van der Waals surface area contributed by atoms with Gasteiger partial charge in [-0.25, -0.2) is 9.80 Å². The average molecular weight is 414 g/mol. The largest absolute Gasteiger partial charge is 0.493 e. The van der Waals surface area contributed by atoms with Crippen LogP contribution < -0.4 is 9.47 Å². The van der Waals surface area contributed by atoms with Crippen molar-refractivity contribution in [1.82, 2.24) is 5.01 Å². The standard InChI is InChI=1S/C25H22N2O4/c1-29-22-10-6-9-19-21-15-20(16-7-4-3-5-8-16)26-27(21)24(31-23(19)22)17-11-13-18(14-12-17)25(28)30-2/h3-14,21,24H,15H2,1-2H3/t21-,24+/m0/s1. The molecule has 0 radical (unpaired) electrons. The number of rotatable bonds is 4. The van der Waals surface area contributed by atoms with Crippen LogP contribution in [0.25, 0.3) is 0 Å². The number of carbonyl (C=O) groups is 1. The predicted molar refractivity (Wildman–Crippen MR) is 116 cm³/mol. The summed E-state index contributed by atoms with van der Waals surface area (Å²) in [6, 6.07) is 23.4. The van der Waals surface area contributed by atoms with E-state index in [0.29, 0.717) is 11.3 Å². The Balaban J connectivity index is 1.58. The van der Waals surface area contributed by atoms with E-state index in [1.165, 1.54) is 7.11 Å². The molecule has 2 aliphatic heterocycles. The van der Waals surface area contributed by atoms with Gasteiger partial charge < -0.3 is 14.2 Å². The van der Waals surface area contributed by atoms with Crippen LogP contribution in [0.5, 0.6) is 11.5 Å². The molecule has 0 spiro atoms. The van der Waals surface area contributed by atoms with E-state index in [1.807, 2.05) is 47.5 Å². The smallest absolute Gasteiger partial charge is 0.337 e. The molecule has 0 unspecified atom stereocenters. The Kier molecular flexibility index (Phi) is 4.82. The molecule has 2 aliphatic rings. The van der Waals surface area contributed by atoms with Crippen molar-refractivity contribution in [2.45, 2.75) is 18.7 Å². The highest BCUT2D eigenvalue weighted by Crippen LogP contribution is 2.50. The Morgan fingerprint density at radius 1 is 1.00 bits per heavy atom. The van der Waals surface area contributed by atoms with E-state index in [1.54, 1.807) is 19.2 Å². The van der Waals surface area contributed by atoms with Crippen molar-refractivity contribution in [3.8, 4) is 11.5 Å². The second-order valence-electron chi connectivity index (χ2n) is 7.48. The van der Waals surface area contributed by atoms with Crippen LogP contribution in [-0.2, 0) is 4.74 Å². The summed E-state index contributed by atoms with van der Waals surface area (Å²) in [5, 5.41) is 6.97. The van der Waals surface area contributed by atoms with E-state index < -0.39 is 6.23 Å². The van der Waals surface area contributed by atoms with Gasteiger partial charge in [0.15, 0.2) is 11.5 Å². The Hall–Kier alpha value is -3.80. The molecule has 2 atom stereocenters. The van der Waals surface area contributed by atoms with E-state index in [4.69, 9.17) is 19.3 Å². The lowest BCUT2D eigenvalue weighted by atomic mass is 9.95. The van der Waals surface area contributed by atoms with E-state index in [-0.39, 0.29) is 12.0 Å². The van der Waals surface area contributed by atoms with Gasteiger partial charge in [0.25, 0.3) is 0 Å². The van der Waals surface area contributed by atoms with Crippen molar-refractivity contribution >= 4 is 11.7 Å². The number of nitrogens with zero attached hydrogens (tertiary/aromatic N) is 2. The van der Waals surface area contributed by atoms with Crippen LogP contribution in [0.15, 0.2) is 77.9 Å². The zero-order valence-electron chi connectivity index (χ0n) is 17.3. The summed E-state index contributed by atoms with van der Waals surface area (Å²) in [6.07, 6.45) is 0.325. The molecule has 6 heteroatoms. The third kappa shape index (κ3) is 3.30. The molecular weight excluding hydrogens is 392 g/mol. The summed E-state index contributed by atoms with van der Waals surface area (Å²) in [6.45, 7) is 0. The first-order chi connectivity index (χ1) is 15.2. The maximum Gasteiger partial charge on any atom is 0.337 e. The zero-order chi connectivity index (χ0) is 21.4. The SMILES string of the molecule is COC(=O)c1ccc([C@H]2Oc3c(OC)cccc3[C@@H]3CC(c4ccccc4)=NN23)cc1. The van der Waals surface area contributed by atoms with Gasteiger partial charge in [-0.1, -0.05) is 54.6 Å². The molecule has 5 rings (SSSR count). The van der Waals surface area contributed by atoms with Crippen molar-refractivity contribution in [1.29, 1.82) is 0 Å². The zero-order valence-corrected chi connectivity index (χ0v) is 17.3. The summed E-state index contributed by atoms with van der Waals surface area (Å²) in [7, 11) is 3.02. The number of hydrazone groups is 1. The van der Waals surface area contributed by atoms with Crippen molar-refractivity contribution < 1.29 is 19.0 Å². The maximum atomic E-state index is 11.8. The number of methoxy groups -OCH3 is 2. The first kappa shape index (κ1) is 19.2. The van der Waals surface area contributed by atoms with Gasteiger partial charge in [-0.15, -0.1) is 0 Å². The second-order valence-corrected chi connectivity index (χ2v) is 7.48. The molecule has 0 N–H and O–H groups in total. The van der Waals surface area contributed by atoms with Gasteiger partial charge in [-0.2, -0.15) is 5.10 Å². The minimum atomic E-state index is -0.443. The molecule has 0 aromatic heterocycles. The third-order valence-corrected chi connectivity index (χ3v) is 5.72. The quantitative estimate of drug-likeness (QED) is 0.578. The first-order valence-corrected chi connectivity index (χ1v) is 10.1. The van der Waals surface area contributed by atoms with E-state index in [0.717, 1.165) is 34.6 Å². The Labute approximate surface area is 180 Å². The van der Waals surface area contributed by atoms with Gasteiger partial charge in [-0.3, -0.25) is 0 Å². The summed E-state index contributed by atoms with van der Waals surface area (Å²) in [5.41, 5.74) is 4.55. The van der Waals surface area contributed by atoms with Gasteiger partial charge in [0.05, 0.1) is 31.5 Å². The van der Waals surface area contributed by atoms with Crippen LogP contribution in [0.3, 0.4) is 0 Å². The fourth-order valence-corrected chi connectivity index (χ4v) is 4.17. The molecule has 0 fully saturated rings.